The normalized spacial score (nSPS) is 16.8. The summed E-state index contributed by atoms with van der Waals surface area (Å²) >= 11 is 0. The summed E-state index contributed by atoms with van der Waals surface area (Å²) in [5.41, 5.74) is 2.43. The molecule has 0 amide bonds. The van der Waals surface area contributed by atoms with Gasteiger partial charge >= 0.3 is 0 Å². The molecule has 3 nitrogen and oxygen atoms in total. The lowest BCUT2D eigenvalue weighted by molar-refractivity contribution is 0.501. The quantitative estimate of drug-likeness (QED) is 0.682. The van der Waals surface area contributed by atoms with E-state index in [1.54, 1.807) is 0 Å². The lowest BCUT2D eigenvalue weighted by Gasteiger charge is -2.11. The molecule has 0 radical (unpaired) electrons. The number of aromatic amines is 1. The Balaban J connectivity index is 2.49. The Hall–Kier alpha value is -0.990. The number of fused-ring (bicyclic) bond motifs is 1. The van der Waals surface area contributed by atoms with E-state index in [4.69, 9.17) is 0 Å². The molecule has 1 heterocycles. The second-order valence-corrected chi connectivity index (χ2v) is 4.39. The van der Waals surface area contributed by atoms with Crippen molar-refractivity contribution in [2.24, 2.45) is 0 Å². The first-order valence-electron chi connectivity index (χ1n) is 5.52. The van der Waals surface area contributed by atoms with Crippen LogP contribution in [0, 0.1) is 0 Å². The molecule has 0 atom stereocenters. The lowest BCUT2D eigenvalue weighted by Crippen LogP contribution is -2.10. The van der Waals surface area contributed by atoms with Crippen LogP contribution in [0.25, 0.3) is 0 Å². The summed E-state index contributed by atoms with van der Waals surface area (Å²) in [5.74, 6) is 0. The molecule has 0 aliphatic heterocycles. The van der Waals surface area contributed by atoms with Crippen LogP contribution in [0.5, 0.6) is 0 Å². The monoisotopic (exact) mass is 194 g/mol. The highest BCUT2D eigenvalue weighted by Crippen LogP contribution is 2.19. The van der Waals surface area contributed by atoms with E-state index in [1.807, 2.05) is 4.68 Å². The van der Waals surface area contributed by atoms with Crippen LogP contribution in [0.15, 0.2) is 4.79 Å². The van der Waals surface area contributed by atoms with Crippen molar-refractivity contribution < 1.29 is 0 Å². The third kappa shape index (κ3) is 1.51. The van der Waals surface area contributed by atoms with Crippen molar-refractivity contribution in [3.63, 3.8) is 0 Å². The first-order chi connectivity index (χ1) is 6.70. The van der Waals surface area contributed by atoms with Crippen molar-refractivity contribution >= 4 is 0 Å². The number of nitrogens with zero attached hydrogens (tertiary/aromatic N) is 1. The van der Waals surface area contributed by atoms with E-state index in [0.29, 0.717) is 6.04 Å². The summed E-state index contributed by atoms with van der Waals surface area (Å²) in [6.45, 7) is 4.22. The summed E-state index contributed by atoms with van der Waals surface area (Å²) in [4.78, 5) is 11.7. The van der Waals surface area contributed by atoms with Gasteiger partial charge in [0.2, 0.25) is 0 Å². The standard InChI is InChI=1S/C11H18N2O/c1-8(2)13-10-7-5-3-4-6-9(10)11(14)12-13/h8H,3-7H2,1-2H3,(H,12,14). The Morgan fingerprint density at radius 1 is 1.21 bits per heavy atom. The Bertz CT molecular complexity index is 373. The van der Waals surface area contributed by atoms with Gasteiger partial charge in [-0.05, 0) is 39.5 Å². The average molecular weight is 194 g/mol. The van der Waals surface area contributed by atoms with Gasteiger partial charge in [0.25, 0.3) is 5.56 Å². The molecule has 0 aromatic carbocycles. The third-order valence-corrected chi connectivity index (χ3v) is 2.99. The molecular weight excluding hydrogens is 176 g/mol. The zero-order valence-corrected chi connectivity index (χ0v) is 8.97. The predicted molar refractivity (Wildman–Crippen MR) is 56.7 cm³/mol. The summed E-state index contributed by atoms with van der Waals surface area (Å²) < 4.78 is 2.04. The van der Waals surface area contributed by atoms with E-state index in [9.17, 15) is 4.79 Å². The van der Waals surface area contributed by atoms with Crippen molar-refractivity contribution in [3.05, 3.63) is 21.6 Å². The van der Waals surface area contributed by atoms with Crippen LogP contribution < -0.4 is 5.56 Å². The minimum atomic E-state index is 0.135. The van der Waals surface area contributed by atoms with Gasteiger partial charge in [-0.25, -0.2) is 0 Å². The summed E-state index contributed by atoms with van der Waals surface area (Å²) in [6.07, 6.45) is 5.66. The summed E-state index contributed by atoms with van der Waals surface area (Å²) in [6, 6.07) is 0.365. The average Bonchev–Trinajstić information content (AvgIpc) is 2.38. The number of nitrogens with one attached hydrogen (secondary N) is 1. The highest BCUT2D eigenvalue weighted by molar-refractivity contribution is 5.20. The van der Waals surface area contributed by atoms with E-state index in [2.05, 4.69) is 18.9 Å². The Morgan fingerprint density at radius 2 is 1.93 bits per heavy atom. The van der Waals surface area contributed by atoms with Gasteiger partial charge in [0, 0.05) is 17.3 Å². The van der Waals surface area contributed by atoms with Crippen molar-refractivity contribution in [1.82, 2.24) is 9.78 Å². The second-order valence-electron chi connectivity index (χ2n) is 4.39. The molecule has 0 saturated heterocycles. The van der Waals surface area contributed by atoms with Gasteiger partial charge in [0.1, 0.15) is 0 Å². The van der Waals surface area contributed by atoms with Crippen molar-refractivity contribution in [1.29, 1.82) is 0 Å². The van der Waals surface area contributed by atoms with E-state index in [1.165, 1.54) is 18.5 Å². The second kappa shape index (κ2) is 3.64. The molecule has 1 aliphatic rings. The number of hydrogen-bond acceptors (Lipinski definition) is 1. The first-order valence-corrected chi connectivity index (χ1v) is 5.52. The summed E-state index contributed by atoms with van der Waals surface area (Å²) in [5, 5.41) is 2.94. The molecule has 1 aromatic rings. The SMILES string of the molecule is CC(C)n1[nH]c(=O)c2c1CCCCC2. The molecule has 0 saturated carbocycles. The van der Waals surface area contributed by atoms with Gasteiger partial charge in [-0.2, -0.15) is 0 Å². The minimum Gasteiger partial charge on any atom is -0.286 e. The van der Waals surface area contributed by atoms with Gasteiger partial charge in [-0.3, -0.25) is 14.6 Å². The predicted octanol–water partition coefficient (Wildman–Crippen LogP) is 2.03. The fourth-order valence-electron chi connectivity index (χ4n) is 2.26. The molecule has 3 heteroatoms. The molecule has 0 spiro atoms. The largest absolute Gasteiger partial charge is 0.286 e. The van der Waals surface area contributed by atoms with Crippen molar-refractivity contribution in [3.8, 4) is 0 Å². The molecule has 0 fully saturated rings. The first kappa shape index (κ1) is 9.56. The van der Waals surface area contributed by atoms with Gasteiger partial charge in [-0.15, -0.1) is 0 Å². The fraction of sp³-hybridized carbons (Fsp3) is 0.727. The highest BCUT2D eigenvalue weighted by atomic mass is 16.1. The molecule has 1 N–H and O–H groups in total. The maximum atomic E-state index is 11.7. The smallest absolute Gasteiger partial charge is 0.267 e. The number of H-pyrrole nitrogens is 1. The van der Waals surface area contributed by atoms with Crippen LogP contribution in [0.2, 0.25) is 0 Å². The maximum Gasteiger partial charge on any atom is 0.267 e. The number of rotatable bonds is 1. The van der Waals surface area contributed by atoms with Crippen LogP contribution in [0.3, 0.4) is 0 Å². The summed E-state index contributed by atoms with van der Waals surface area (Å²) in [7, 11) is 0. The van der Waals surface area contributed by atoms with Gasteiger partial charge in [0.05, 0.1) is 0 Å². The lowest BCUT2D eigenvalue weighted by atomic mass is 10.1. The van der Waals surface area contributed by atoms with Gasteiger partial charge in [0.15, 0.2) is 0 Å². The molecular formula is C11H18N2O. The van der Waals surface area contributed by atoms with Crippen LogP contribution >= 0.6 is 0 Å². The molecule has 2 rings (SSSR count). The topological polar surface area (TPSA) is 37.8 Å². The zero-order chi connectivity index (χ0) is 10.1. The van der Waals surface area contributed by atoms with E-state index in [-0.39, 0.29) is 5.56 Å². The fourth-order valence-corrected chi connectivity index (χ4v) is 2.26. The molecule has 14 heavy (non-hydrogen) atoms. The Labute approximate surface area is 84.1 Å². The minimum absolute atomic E-state index is 0.135. The van der Waals surface area contributed by atoms with E-state index in [0.717, 1.165) is 24.8 Å². The van der Waals surface area contributed by atoms with E-state index < -0.39 is 0 Å². The van der Waals surface area contributed by atoms with Crippen molar-refractivity contribution in [2.45, 2.75) is 52.0 Å². The third-order valence-electron chi connectivity index (χ3n) is 2.99. The van der Waals surface area contributed by atoms with Crippen molar-refractivity contribution in [2.75, 3.05) is 0 Å². The van der Waals surface area contributed by atoms with Crippen LogP contribution in [0.4, 0.5) is 0 Å². The number of hydrogen-bond donors (Lipinski definition) is 1. The van der Waals surface area contributed by atoms with Crippen LogP contribution in [0.1, 0.15) is 50.4 Å². The Morgan fingerprint density at radius 3 is 2.64 bits per heavy atom. The molecule has 78 valence electrons. The van der Waals surface area contributed by atoms with Crippen LogP contribution in [-0.2, 0) is 12.8 Å². The van der Waals surface area contributed by atoms with Crippen LogP contribution in [-0.4, -0.2) is 9.78 Å². The maximum absolute atomic E-state index is 11.7. The molecule has 0 unspecified atom stereocenters. The molecule has 1 aliphatic carbocycles. The molecule has 0 bridgehead atoms. The number of aromatic nitrogens is 2. The zero-order valence-electron chi connectivity index (χ0n) is 8.97. The van der Waals surface area contributed by atoms with E-state index >= 15 is 0 Å². The highest BCUT2D eigenvalue weighted by Gasteiger charge is 2.17. The molecule has 1 aromatic heterocycles. The Kier molecular flexibility index (Phi) is 2.48. The van der Waals surface area contributed by atoms with Gasteiger partial charge < -0.3 is 0 Å². The van der Waals surface area contributed by atoms with Gasteiger partial charge in [-0.1, -0.05) is 6.42 Å².